The zero-order chi connectivity index (χ0) is 17.8. The van der Waals surface area contributed by atoms with Gasteiger partial charge in [-0.05, 0) is 19.8 Å². The van der Waals surface area contributed by atoms with Crippen molar-refractivity contribution in [2.45, 2.75) is 84.6 Å². The molecular weight excluding hydrogens is 429 g/mol. The Hall–Kier alpha value is -0.860. The van der Waals surface area contributed by atoms with Crippen LogP contribution < -0.4 is 10.6 Å². The minimum absolute atomic E-state index is 0. The number of hydrogen-bond acceptors (Lipinski definition) is 4. The number of halogens is 1. The van der Waals surface area contributed by atoms with Crippen LogP contribution in [0.2, 0.25) is 0 Å². The largest absolute Gasteiger partial charge is 0.356 e. The van der Waals surface area contributed by atoms with Crippen LogP contribution in [0, 0.1) is 0 Å². The first-order valence-electron chi connectivity index (χ1n) is 9.36. The minimum Gasteiger partial charge on any atom is -0.356 e. The van der Waals surface area contributed by atoms with E-state index in [9.17, 15) is 0 Å². The Morgan fingerprint density at radius 2 is 1.92 bits per heavy atom. The molecule has 0 spiro atoms. The van der Waals surface area contributed by atoms with Gasteiger partial charge in [-0.15, -0.1) is 24.0 Å². The normalized spacial score (nSPS) is 12.8. The molecule has 1 heterocycles. The molecule has 1 aromatic heterocycles. The molecule has 1 rings (SSSR count). The summed E-state index contributed by atoms with van der Waals surface area (Å²) in [6.07, 6.45) is 8.10. The molecule has 0 radical (unpaired) electrons. The van der Waals surface area contributed by atoms with Crippen LogP contribution in [-0.4, -0.2) is 35.7 Å². The third-order valence-electron chi connectivity index (χ3n) is 3.96. The Labute approximate surface area is 170 Å². The number of aromatic nitrogens is 2. The Bertz CT molecular complexity index is 476. The first kappa shape index (κ1) is 24.1. The molecule has 25 heavy (non-hydrogen) atoms. The van der Waals surface area contributed by atoms with E-state index < -0.39 is 0 Å². The first-order valence-corrected chi connectivity index (χ1v) is 9.36. The molecule has 1 unspecified atom stereocenters. The van der Waals surface area contributed by atoms with Crippen molar-refractivity contribution in [2.24, 2.45) is 4.99 Å². The van der Waals surface area contributed by atoms with Gasteiger partial charge in [-0.25, -0.2) is 0 Å². The van der Waals surface area contributed by atoms with E-state index in [1.165, 1.54) is 32.1 Å². The molecule has 0 saturated carbocycles. The summed E-state index contributed by atoms with van der Waals surface area (Å²) in [4.78, 5) is 8.68. The molecular formula is C18H36IN5O. The third kappa shape index (κ3) is 10.7. The number of aliphatic imine (C=N–C) groups is 1. The van der Waals surface area contributed by atoms with E-state index in [1.807, 2.05) is 7.05 Å². The molecule has 1 atom stereocenters. The summed E-state index contributed by atoms with van der Waals surface area (Å²) in [5.74, 6) is 2.67. The van der Waals surface area contributed by atoms with E-state index in [1.54, 1.807) is 0 Å². The summed E-state index contributed by atoms with van der Waals surface area (Å²) in [5.41, 5.74) is 0. The molecule has 0 aliphatic carbocycles. The second kappa shape index (κ2) is 14.3. The Morgan fingerprint density at radius 3 is 2.52 bits per heavy atom. The molecule has 0 saturated heterocycles. The lowest BCUT2D eigenvalue weighted by molar-refractivity contribution is 0.368. The van der Waals surface area contributed by atoms with Gasteiger partial charge in [-0.2, -0.15) is 4.98 Å². The molecule has 1 aromatic rings. The molecule has 2 N–H and O–H groups in total. The lowest BCUT2D eigenvalue weighted by atomic mass is 10.1. The van der Waals surface area contributed by atoms with Crippen molar-refractivity contribution in [3.8, 4) is 0 Å². The fourth-order valence-corrected chi connectivity index (χ4v) is 2.43. The molecule has 0 aliphatic heterocycles. The summed E-state index contributed by atoms with van der Waals surface area (Å²) in [6, 6.07) is 0.442. The summed E-state index contributed by atoms with van der Waals surface area (Å²) < 4.78 is 5.25. The second-order valence-electron chi connectivity index (χ2n) is 6.70. The van der Waals surface area contributed by atoms with Crippen LogP contribution in [-0.2, 0) is 6.42 Å². The Balaban J connectivity index is 0.00000576. The predicted molar refractivity (Wildman–Crippen MR) is 115 cm³/mol. The molecule has 0 amide bonds. The van der Waals surface area contributed by atoms with E-state index in [0.29, 0.717) is 17.9 Å². The van der Waals surface area contributed by atoms with Gasteiger partial charge in [0.15, 0.2) is 11.8 Å². The fraction of sp³-hybridized carbons (Fsp3) is 0.833. The summed E-state index contributed by atoms with van der Waals surface area (Å²) in [6.45, 7) is 9.42. The van der Waals surface area contributed by atoms with Crippen LogP contribution in [0.5, 0.6) is 0 Å². The SMILES string of the molecule is CCCCCCC(C)NC(=NC)NCCCc1nc(C(C)C)no1.I. The van der Waals surface area contributed by atoms with Crippen molar-refractivity contribution < 1.29 is 4.52 Å². The lowest BCUT2D eigenvalue weighted by Crippen LogP contribution is -2.42. The van der Waals surface area contributed by atoms with Gasteiger partial charge in [0, 0.05) is 32.0 Å². The molecule has 6 nitrogen and oxygen atoms in total. The van der Waals surface area contributed by atoms with Gasteiger partial charge >= 0.3 is 0 Å². The van der Waals surface area contributed by atoms with E-state index in [-0.39, 0.29) is 24.0 Å². The maximum Gasteiger partial charge on any atom is 0.226 e. The zero-order valence-electron chi connectivity index (χ0n) is 16.5. The average molecular weight is 465 g/mol. The maximum absolute atomic E-state index is 5.25. The predicted octanol–water partition coefficient (Wildman–Crippen LogP) is 4.27. The van der Waals surface area contributed by atoms with Gasteiger partial charge in [0.2, 0.25) is 5.89 Å². The number of rotatable bonds is 11. The van der Waals surface area contributed by atoms with Gasteiger partial charge in [0.25, 0.3) is 0 Å². The second-order valence-corrected chi connectivity index (χ2v) is 6.70. The number of nitrogens with zero attached hydrogens (tertiary/aromatic N) is 3. The van der Waals surface area contributed by atoms with Crippen molar-refractivity contribution in [1.29, 1.82) is 0 Å². The van der Waals surface area contributed by atoms with Gasteiger partial charge in [-0.1, -0.05) is 51.6 Å². The first-order chi connectivity index (χ1) is 11.6. The number of hydrogen-bond donors (Lipinski definition) is 2. The lowest BCUT2D eigenvalue weighted by Gasteiger charge is -2.17. The number of guanidine groups is 1. The van der Waals surface area contributed by atoms with E-state index >= 15 is 0 Å². The summed E-state index contributed by atoms with van der Waals surface area (Å²) in [7, 11) is 1.81. The van der Waals surface area contributed by atoms with Crippen LogP contribution in [0.4, 0.5) is 0 Å². The molecule has 7 heteroatoms. The molecule has 0 aromatic carbocycles. The van der Waals surface area contributed by atoms with E-state index in [0.717, 1.165) is 31.2 Å². The van der Waals surface area contributed by atoms with E-state index in [4.69, 9.17) is 4.52 Å². The van der Waals surface area contributed by atoms with Crippen molar-refractivity contribution >= 4 is 29.9 Å². The van der Waals surface area contributed by atoms with Crippen LogP contribution >= 0.6 is 24.0 Å². The highest BCUT2D eigenvalue weighted by Crippen LogP contribution is 2.10. The van der Waals surface area contributed by atoms with Gasteiger partial charge in [0.05, 0.1) is 0 Å². The Kier molecular flexibility index (Phi) is 13.8. The molecule has 0 fully saturated rings. The maximum atomic E-state index is 5.25. The van der Waals surface area contributed by atoms with Gasteiger partial charge in [-0.3, -0.25) is 4.99 Å². The zero-order valence-corrected chi connectivity index (χ0v) is 18.8. The molecule has 146 valence electrons. The smallest absolute Gasteiger partial charge is 0.226 e. The van der Waals surface area contributed by atoms with Crippen LogP contribution in [0.1, 0.15) is 83.9 Å². The van der Waals surface area contributed by atoms with E-state index in [2.05, 4.69) is 53.5 Å². The van der Waals surface area contributed by atoms with Crippen LogP contribution in [0.25, 0.3) is 0 Å². The average Bonchev–Trinajstić information content (AvgIpc) is 3.03. The van der Waals surface area contributed by atoms with Crippen LogP contribution in [0.3, 0.4) is 0 Å². The fourth-order valence-electron chi connectivity index (χ4n) is 2.43. The van der Waals surface area contributed by atoms with Crippen molar-refractivity contribution in [2.75, 3.05) is 13.6 Å². The molecule has 0 aliphatic rings. The summed E-state index contributed by atoms with van der Waals surface area (Å²) >= 11 is 0. The number of aryl methyl sites for hydroxylation is 1. The highest BCUT2D eigenvalue weighted by Gasteiger charge is 2.09. The van der Waals surface area contributed by atoms with Crippen LogP contribution in [0.15, 0.2) is 9.52 Å². The quantitative estimate of drug-likeness (QED) is 0.221. The number of unbranched alkanes of at least 4 members (excludes halogenated alkanes) is 3. The topological polar surface area (TPSA) is 75.3 Å². The van der Waals surface area contributed by atoms with Crippen molar-refractivity contribution in [1.82, 2.24) is 20.8 Å². The third-order valence-corrected chi connectivity index (χ3v) is 3.96. The highest BCUT2D eigenvalue weighted by molar-refractivity contribution is 14.0. The van der Waals surface area contributed by atoms with Crippen molar-refractivity contribution in [3.63, 3.8) is 0 Å². The minimum atomic E-state index is 0. The van der Waals surface area contributed by atoms with Gasteiger partial charge in [0.1, 0.15) is 0 Å². The molecule has 0 bridgehead atoms. The number of nitrogens with one attached hydrogen (secondary N) is 2. The standard InChI is InChI=1S/C18H35N5O.HI/c1-6-7-8-9-11-15(4)21-18(19-5)20-13-10-12-16-22-17(14(2)3)23-24-16;/h14-15H,6-13H2,1-5H3,(H2,19,20,21);1H. The highest BCUT2D eigenvalue weighted by atomic mass is 127. The Morgan fingerprint density at radius 1 is 1.16 bits per heavy atom. The van der Waals surface area contributed by atoms with Gasteiger partial charge < -0.3 is 15.2 Å². The monoisotopic (exact) mass is 465 g/mol. The summed E-state index contributed by atoms with van der Waals surface area (Å²) in [5, 5.41) is 10.8. The van der Waals surface area contributed by atoms with Crippen molar-refractivity contribution in [3.05, 3.63) is 11.7 Å².